The van der Waals surface area contributed by atoms with Gasteiger partial charge in [-0.3, -0.25) is 0 Å². The lowest BCUT2D eigenvalue weighted by molar-refractivity contribution is -0.150. The minimum Gasteiger partial charge on any atom is -0.490 e. The predicted molar refractivity (Wildman–Crippen MR) is 111 cm³/mol. The highest BCUT2D eigenvalue weighted by atomic mass is 19.4. The number of hydrogen-bond donors (Lipinski definition) is 1. The molecule has 0 amide bonds. The van der Waals surface area contributed by atoms with Gasteiger partial charge in [0.25, 0.3) is 0 Å². The number of alkyl halides is 3. The molecule has 4 nitrogen and oxygen atoms in total. The Morgan fingerprint density at radius 1 is 1.19 bits per heavy atom. The van der Waals surface area contributed by atoms with Crippen molar-refractivity contribution in [3.05, 3.63) is 76.9 Å². The summed E-state index contributed by atoms with van der Waals surface area (Å²) in [4.78, 5) is 11.2. The summed E-state index contributed by atoms with van der Waals surface area (Å²) in [5.41, 5.74) is 1.02. The Kier molecular flexibility index (Phi) is 8.71. The molecule has 1 N–H and O–H groups in total. The normalized spacial score (nSPS) is 12.6. The van der Waals surface area contributed by atoms with E-state index < -0.39 is 23.8 Å². The summed E-state index contributed by atoms with van der Waals surface area (Å²) < 4.78 is 49.0. The zero-order chi connectivity index (χ0) is 22.9. The number of carboxylic acid groups (broad SMARTS) is 1. The molecule has 0 saturated carbocycles. The zero-order valence-corrected chi connectivity index (χ0v) is 17.2. The number of carbonyl (C=O) groups is 1. The second-order valence-corrected chi connectivity index (χ2v) is 6.66. The second-order valence-electron chi connectivity index (χ2n) is 6.66. The summed E-state index contributed by atoms with van der Waals surface area (Å²) in [7, 11) is 0. The summed E-state index contributed by atoms with van der Waals surface area (Å²) in [6.07, 6.45) is -3.31. The van der Waals surface area contributed by atoms with Crippen LogP contribution in [-0.4, -0.2) is 30.4 Å². The highest BCUT2D eigenvalue weighted by Crippen LogP contribution is 2.29. The minimum absolute atomic E-state index is 0.235. The molecule has 0 aliphatic rings. The molecule has 7 heteroatoms. The highest BCUT2D eigenvalue weighted by molar-refractivity contribution is 5.72. The standard InChI is InChI=1S/C24H23F3O4/c1-3-30-22(23(28)29)16-19-9-11-21(12-10-19)31-14-13-17(2)7-8-18-5-4-6-20(15-18)24(25,26)27/h4-6,9-13,15,22H,3,14,16H2,1-2H3,(H,28,29)/b17-13+/t22-/m0/s1. The maximum absolute atomic E-state index is 12.7. The van der Waals surface area contributed by atoms with Crippen molar-refractivity contribution < 1.29 is 32.5 Å². The van der Waals surface area contributed by atoms with Gasteiger partial charge in [0.05, 0.1) is 5.56 Å². The molecule has 0 aliphatic carbocycles. The lowest BCUT2D eigenvalue weighted by Crippen LogP contribution is -2.26. The van der Waals surface area contributed by atoms with E-state index in [1.54, 1.807) is 44.2 Å². The lowest BCUT2D eigenvalue weighted by atomic mass is 10.1. The van der Waals surface area contributed by atoms with Crippen LogP contribution in [0.4, 0.5) is 13.2 Å². The number of hydrogen-bond acceptors (Lipinski definition) is 3. The van der Waals surface area contributed by atoms with Crippen LogP contribution in [0, 0.1) is 11.8 Å². The molecule has 0 aromatic heterocycles. The van der Waals surface area contributed by atoms with Crippen LogP contribution in [0.2, 0.25) is 0 Å². The monoisotopic (exact) mass is 432 g/mol. The molecule has 2 aromatic carbocycles. The molecule has 31 heavy (non-hydrogen) atoms. The van der Waals surface area contributed by atoms with E-state index in [4.69, 9.17) is 14.6 Å². The van der Waals surface area contributed by atoms with E-state index in [-0.39, 0.29) is 18.6 Å². The fraction of sp³-hybridized carbons (Fsp3) is 0.292. The van der Waals surface area contributed by atoms with E-state index in [1.807, 2.05) is 0 Å². The van der Waals surface area contributed by atoms with E-state index in [0.717, 1.165) is 17.7 Å². The van der Waals surface area contributed by atoms with Crippen LogP contribution in [0.25, 0.3) is 0 Å². The Balaban J connectivity index is 1.91. The van der Waals surface area contributed by atoms with E-state index in [0.29, 0.717) is 17.9 Å². The smallest absolute Gasteiger partial charge is 0.416 e. The van der Waals surface area contributed by atoms with Crippen LogP contribution in [0.3, 0.4) is 0 Å². The number of ether oxygens (including phenoxy) is 2. The number of benzene rings is 2. The van der Waals surface area contributed by atoms with Crippen molar-refractivity contribution in [3.63, 3.8) is 0 Å². The van der Waals surface area contributed by atoms with Crippen molar-refractivity contribution in [2.24, 2.45) is 0 Å². The molecule has 0 fully saturated rings. The van der Waals surface area contributed by atoms with Crippen LogP contribution in [0.5, 0.6) is 5.75 Å². The molecule has 164 valence electrons. The SMILES string of the molecule is CCO[C@@H](Cc1ccc(OC/C=C(\C)C#Cc2cccc(C(F)(F)F)c2)cc1)C(=O)O. The molecule has 0 saturated heterocycles. The van der Waals surface area contributed by atoms with E-state index >= 15 is 0 Å². The Labute approximate surface area is 179 Å². The van der Waals surface area contributed by atoms with Gasteiger partial charge in [-0.05, 0) is 61.4 Å². The molecule has 2 rings (SSSR count). The molecule has 0 unspecified atom stereocenters. The van der Waals surface area contributed by atoms with Gasteiger partial charge < -0.3 is 14.6 Å². The van der Waals surface area contributed by atoms with Gasteiger partial charge in [0.2, 0.25) is 0 Å². The first kappa shape index (κ1) is 24.0. The molecular formula is C24H23F3O4. The van der Waals surface area contributed by atoms with Crippen LogP contribution < -0.4 is 4.74 Å². The third-order valence-corrected chi connectivity index (χ3v) is 4.22. The zero-order valence-electron chi connectivity index (χ0n) is 17.2. The topological polar surface area (TPSA) is 55.8 Å². The fourth-order valence-electron chi connectivity index (χ4n) is 2.61. The Morgan fingerprint density at radius 2 is 1.90 bits per heavy atom. The van der Waals surface area contributed by atoms with Gasteiger partial charge in [-0.2, -0.15) is 13.2 Å². The molecular weight excluding hydrogens is 409 g/mol. The first-order valence-electron chi connectivity index (χ1n) is 9.61. The number of allylic oxidation sites excluding steroid dienone is 1. The molecule has 1 atom stereocenters. The van der Waals surface area contributed by atoms with Crippen molar-refractivity contribution in [2.75, 3.05) is 13.2 Å². The third kappa shape index (κ3) is 8.19. The van der Waals surface area contributed by atoms with Crippen molar-refractivity contribution in [3.8, 4) is 17.6 Å². The number of rotatable bonds is 8. The largest absolute Gasteiger partial charge is 0.490 e. The van der Waals surface area contributed by atoms with Gasteiger partial charge in [-0.1, -0.05) is 30.0 Å². The number of halogens is 3. The van der Waals surface area contributed by atoms with E-state index in [1.165, 1.54) is 12.1 Å². The Hall–Kier alpha value is -3.24. The second kappa shape index (κ2) is 11.2. The lowest BCUT2D eigenvalue weighted by Gasteiger charge is -2.12. The summed E-state index contributed by atoms with van der Waals surface area (Å²) in [5.74, 6) is 5.12. The molecule has 0 spiro atoms. The van der Waals surface area contributed by atoms with Gasteiger partial charge in [-0.25, -0.2) is 4.79 Å². The average molecular weight is 432 g/mol. The summed E-state index contributed by atoms with van der Waals surface area (Å²) in [5, 5.41) is 9.14. The third-order valence-electron chi connectivity index (χ3n) is 4.22. The average Bonchev–Trinajstić information content (AvgIpc) is 2.72. The van der Waals surface area contributed by atoms with Crippen molar-refractivity contribution in [1.29, 1.82) is 0 Å². The fourth-order valence-corrected chi connectivity index (χ4v) is 2.61. The first-order valence-corrected chi connectivity index (χ1v) is 9.61. The maximum Gasteiger partial charge on any atom is 0.416 e. The highest BCUT2D eigenvalue weighted by Gasteiger charge is 2.30. The molecule has 0 aliphatic heterocycles. The number of carboxylic acids is 1. The first-order chi connectivity index (χ1) is 14.7. The van der Waals surface area contributed by atoms with Crippen LogP contribution in [-0.2, 0) is 22.1 Å². The Bertz CT molecular complexity index is 967. The van der Waals surface area contributed by atoms with E-state index in [2.05, 4.69) is 11.8 Å². The van der Waals surface area contributed by atoms with Crippen LogP contribution >= 0.6 is 0 Å². The summed E-state index contributed by atoms with van der Waals surface area (Å²) in [6.45, 7) is 4.04. The van der Waals surface area contributed by atoms with Crippen molar-refractivity contribution in [2.45, 2.75) is 32.5 Å². The quantitative estimate of drug-likeness (QED) is 0.589. The van der Waals surface area contributed by atoms with E-state index in [9.17, 15) is 18.0 Å². The molecule has 0 radical (unpaired) electrons. The van der Waals surface area contributed by atoms with Gasteiger partial charge in [0, 0.05) is 18.6 Å². The molecule has 0 heterocycles. The molecule has 0 bridgehead atoms. The van der Waals surface area contributed by atoms with Crippen molar-refractivity contribution in [1.82, 2.24) is 0 Å². The minimum atomic E-state index is -4.40. The Morgan fingerprint density at radius 3 is 2.52 bits per heavy atom. The predicted octanol–water partition coefficient (Wildman–Crippen LogP) is 5.11. The number of aliphatic carboxylic acids is 1. The molecule has 2 aromatic rings. The summed E-state index contributed by atoms with van der Waals surface area (Å²) >= 11 is 0. The van der Waals surface area contributed by atoms with Crippen LogP contribution in [0.1, 0.15) is 30.5 Å². The van der Waals surface area contributed by atoms with Crippen molar-refractivity contribution >= 4 is 5.97 Å². The van der Waals surface area contributed by atoms with Gasteiger partial charge in [-0.15, -0.1) is 0 Å². The van der Waals surface area contributed by atoms with Gasteiger partial charge in [0.1, 0.15) is 12.4 Å². The van der Waals surface area contributed by atoms with Gasteiger partial charge in [0.15, 0.2) is 6.10 Å². The van der Waals surface area contributed by atoms with Gasteiger partial charge >= 0.3 is 12.1 Å². The van der Waals surface area contributed by atoms with Crippen LogP contribution in [0.15, 0.2) is 60.2 Å². The maximum atomic E-state index is 12.7. The summed E-state index contributed by atoms with van der Waals surface area (Å²) in [6, 6.07) is 11.9.